The van der Waals surface area contributed by atoms with Gasteiger partial charge in [-0.15, -0.1) is 0 Å². The van der Waals surface area contributed by atoms with Gasteiger partial charge in [0.15, 0.2) is 11.5 Å². The summed E-state index contributed by atoms with van der Waals surface area (Å²) in [7, 11) is 1.30. The molecule has 0 bridgehead atoms. The summed E-state index contributed by atoms with van der Waals surface area (Å²) in [5.74, 6) is -0.290. The number of para-hydroxylation sites is 1. The number of non-ortho nitro benzene ring substituents is 1. The van der Waals surface area contributed by atoms with Crippen LogP contribution >= 0.6 is 0 Å². The molecule has 0 atom stereocenters. The van der Waals surface area contributed by atoms with Crippen molar-refractivity contribution in [1.82, 2.24) is 0 Å². The van der Waals surface area contributed by atoms with Gasteiger partial charge in [-0.3, -0.25) is 15.1 Å². The van der Waals surface area contributed by atoms with E-state index < -0.39 is 10.5 Å². The van der Waals surface area contributed by atoms with Gasteiger partial charge < -0.3 is 14.3 Å². The molecule has 31 heavy (non-hydrogen) atoms. The number of nitro groups is 1. The molecule has 4 aromatic rings. The molecule has 0 saturated carbocycles. The number of aromatic hydroxyl groups is 1. The number of hydrogen-bond donors (Lipinski definition) is 1. The topological polar surface area (TPSA) is 115 Å². The van der Waals surface area contributed by atoms with Crippen LogP contribution in [0.15, 0.2) is 80.9 Å². The zero-order chi connectivity index (χ0) is 22.0. The molecule has 0 aliphatic rings. The van der Waals surface area contributed by atoms with E-state index in [2.05, 4.69) is 4.99 Å². The number of nitro benzene ring substituents is 1. The first-order valence-corrected chi connectivity index (χ1v) is 9.19. The lowest BCUT2D eigenvalue weighted by Gasteiger charge is -2.06. The lowest BCUT2D eigenvalue weighted by molar-refractivity contribution is -0.385. The van der Waals surface area contributed by atoms with E-state index >= 15 is 0 Å². The van der Waals surface area contributed by atoms with Gasteiger partial charge in [0, 0.05) is 23.2 Å². The van der Waals surface area contributed by atoms with Crippen LogP contribution in [-0.2, 0) is 0 Å². The third kappa shape index (κ3) is 3.99. The average Bonchev–Trinajstić information content (AvgIpc) is 2.78. The predicted octanol–water partition coefficient (Wildman–Crippen LogP) is 4.83. The number of ether oxygens (including phenoxy) is 1. The Morgan fingerprint density at radius 1 is 1.10 bits per heavy atom. The maximum atomic E-state index is 12.4. The highest BCUT2D eigenvalue weighted by Gasteiger charge is 2.16. The van der Waals surface area contributed by atoms with Crippen molar-refractivity contribution in [3.8, 4) is 22.6 Å². The molecule has 0 amide bonds. The summed E-state index contributed by atoms with van der Waals surface area (Å²) >= 11 is 0. The van der Waals surface area contributed by atoms with Gasteiger partial charge in [0.2, 0.25) is 0 Å². The first kappa shape index (κ1) is 19.8. The highest BCUT2D eigenvalue weighted by Crippen LogP contribution is 2.34. The van der Waals surface area contributed by atoms with E-state index in [-0.39, 0.29) is 22.7 Å². The molecule has 8 nitrogen and oxygen atoms in total. The van der Waals surface area contributed by atoms with E-state index in [4.69, 9.17) is 9.15 Å². The maximum Gasteiger partial charge on any atom is 0.344 e. The normalized spacial score (nSPS) is 11.1. The first-order valence-electron chi connectivity index (χ1n) is 9.19. The van der Waals surface area contributed by atoms with Crippen molar-refractivity contribution in [2.45, 2.75) is 0 Å². The third-order valence-corrected chi connectivity index (χ3v) is 4.67. The summed E-state index contributed by atoms with van der Waals surface area (Å²) in [6.45, 7) is 0. The molecule has 1 heterocycles. The Labute approximate surface area is 175 Å². The second-order valence-corrected chi connectivity index (χ2v) is 6.64. The number of fused-ring (bicyclic) bond motifs is 1. The fourth-order valence-electron chi connectivity index (χ4n) is 3.13. The fourth-order valence-corrected chi connectivity index (χ4v) is 3.13. The van der Waals surface area contributed by atoms with Gasteiger partial charge in [-0.1, -0.05) is 30.3 Å². The van der Waals surface area contributed by atoms with Crippen LogP contribution in [0.1, 0.15) is 5.56 Å². The summed E-state index contributed by atoms with van der Waals surface area (Å²) in [5, 5.41) is 22.2. The highest BCUT2D eigenvalue weighted by molar-refractivity contribution is 5.88. The van der Waals surface area contributed by atoms with Crippen molar-refractivity contribution < 1.29 is 19.2 Å². The second kappa shape index (κ2) is 8.11. The van der Waals surface area contributed by atoms with Gasteiger partial charge in [-0.25, -0.2) is 4.79 Å². The zero-order valence-electron chi connectivity index (χ0n) is 16.3. The molecule has 0 radical (unpaired) electrons. The van der Waals surface area contributed by atoms with Crippen LogP contribution in [0.3, 0.4) is 0 Å². The van der Waals surface area contributed by atoms with Crippen molar-refractivity contribution in [3.63, 3.8) is 0 Å². The van der Waals surface area contributed by atoms with E-state index in [1.807, 2.05) is 12.1 Å². The number of phenols is 1. The molecule has 154 valence electrons. The van der Waals surface area contributed by atoms with E-state index in [0.717, 1.165) is 11.5 Å². The van der Waals surface area contributed by atoms with Gasteiger partial charge in [-0.05, 0) is 29.8 Å². The number of rotatable bonds is 5. The number of nitrogens with zero attached hydrogens (tertiary/aromatic N) is 2. The van der Waals surface area contributed by atoms with Crippen LogP contribution < -0.4 is 10.4 Å². The predicted molar refractivity (Wildman–Crippen MR) is 116 cm³/mol. The van der Waals surface area contributed by atoms with Crippen molar-refractivity contribution in [1.29, 1.82) is 0 Å². The van der Waals surface area contributed by atoms with Crippen molar-refractivity contribution >= 4 is 28.6 Å². The summed E-state index contributed by atoms with van der Waals surface area (Å²) in [5.41, 5.74) is 1.39. The Balaban J connectivity index is 1.73. The van der Waals surface area contributed by atoms with Crippen LogP contribution in [0.2, 0.25) is 0 Å². The monoisotopic (exact) mass is 416 g/mol. The fraction of sp³-hybridized carbons (Fsp3) is 0.0435. The van der Waals surface area contributed by atoms with Gasteiger partial charge in [0.1, 0.15) is 5.58 Å². The molecule has 0 saturated heterocycles. The lowest BCUT2D eigenvalue weighted by Crippen LogP contribution is -2.02. The molecule has 0 spiro atoms. The molecule has 1 aromatic heterocycles. The SMILES string of the molecule is COc1cc([N+](=O)[O-])cc(C=Nc2cccc(-c3cc4ccccc4oc3=O)c2)c1O. The van der Waals surface area contributed by atoms with Crippen LogP contribution in [0.5, 0.6) is 11.5 Å². The summed E-state index contributed by atoms with van der Waals surface area (Å²) in [6, 6.07) is 18.2. The third-order valence-electron chi connectivity index (χ3n) is 4.67. The first-order chi connectivity index (χ1) is 15.0. The van der Waals surface area contributed by atoms with Crippen LogP contribution in [-0.4, -0.2) is 23.4 Å². The Morgan fingerprint density at radius 2 is 1.90 bits per heavy atom. The standard InChI is InChI=1S/C23H16N2O6/c1-30-21-12-18(25(28)29)10-16(22(21)26)13-24-17-7-4-6-14(9-17)19-11-15-5-2-3-8-20(15)31-23(19)27/h2-13,26H,1H3. The Bertz CT molecular complexity index is 1390. The van der Waals surface area contributed by atoms with Crippen LogP contribution in [0.25, 0.3) is 22.1 Å². The molecule has 0 fully saturated rings. The van der Waals surface area contributed by atoms with E-state index in [9.17, 15) is 20.0 Å². The number of phenolic OH excluding ortho intramolecular Hbond substituents is 1. The summed E-state index contributed by atoms with van der Waals surface area (Å²) < 4.78 is 10.4. The summed E-state index contributed by atoms with van der Waals surface area (Å²) in [4.78, 5) is 27.3. The second-order valence-electron chi connectivity index (χ2n) is 6.64. The molecule has 8 heteroatoms. The van der Waals surface area contributed by atoms with Crippen molar-refractivity contribution in [2.24, 2.45) is 4.99 Å². The Kier molecular flexibility index (Phi) is 5.19. The molecule has 0 aliphatic carbocycles. The van der Waals surface area contributed by atoms with E-state index in [1.165, 1.54) is 19.4 Å². The summed E-state index contributed by atoms with van der Waals surface area (Å²) in [6.07, 6.45) is 1.30. The van der Waals surface area contributed by atoms with E-state index in [0.29, 0.717) is 22.4 Å². The van der Waals surface area contributed by atoms with Crippen molar-refractivity contribution in [3.05, 3.63) is 92.8 Å². The van der Waals surface area contributed by atoms with Gasteiger partial charge in [0.05, 0.1) is 29.4 Å². The van der Waals surface area contributed by atoms with E-state index in [1.54, 1.807) is 42.5 Å². The Hall–Kier alpha value is -4.46. The molecular formula is C23H16N2O6. The number of hydrogen-bond acceptors (Lipinski definition) is 7. The highest BCUT2D eigenvalue weighted by atomic mass is 16.6. The molecular weight excluding hydrogens is 400 g/mol. The maximum absolute atomic E-state index is 12.4. The molecule has 4 rings (SSSR count). The molecule has 1 N–H and O–H groups in total. The van der Waals surface area contributed by atoms with Gasteiger partial charge in [-0.2, -0.15) is 0 Å². The van der Waals surface area contributed by atoms with Gasteiger partial charge in [0.25, 0.3) is 5.69 Å². The van der Waals surface area contributed by atoms with Crippen LogP contribution in [0, 0.1) is 10.1 Å². The minimum atomic E-state index is -0.584. The molecule has 0 unspecified atom stereocenters. The minimum Gasteiger partial charge on any atom is -0.504 e. The zero-order valence-corrected chi connectivity index (χ0v) is 16.3. The lowest BCUT2D eigenvalue weighted by atomic mass is 10.1. The average molecular weight is 416 g/mol. The number of aliphatic imine (C=N–C) groups is 1. The quantitative estimate of drug-likeness (QED) is 0.216. The number of methoxy groups -OCH3 is 1. The van der Waals surface area contributed by atoms with Crippen molar-refractivity contribution in [2.75, 3.05) is 7.11 Å². The van der Waals surface area contributed by atoms with Crippen LogP contribution in [0.4, 0.5) is 11.4 Å². The largest absolute Gasteiger partial charge is 0.504 e. The number of benzene rings is 3. The minimum absolute atomic E-state index is 0.0295. The molecule has 3 aromatic carbocycles. The smallest absolute Gasteiger partial charge is 0.344 e. The Morgan fingerprint density at radius 3 is 2.68 bits per heavy atom. The molecule has 0 aliphatic heterocycles. The van der Waals surface area contributed by atoms with Gasteiger partial charge >= 0.3 is 5.63 Å².